The molecule has 1 aliphatic carbocycles. The Morgan fingerprint density at radius 3 is 2.12 bits per heavy atom. The summed E-state index contributed by atoms with van der Waals surface area (Å²) in [5.41, 5.74) is -0.962. The van der Waals surface area contributed by atoms with Gasteiger partial charge in [0.15, 0.2) is 0 Å². The molecule has 1 aliphatic heterocycles. The third-order valence-electron chi connectivity index (χ3n) is 4.13. The van der Waals surface area contributed by atoms with E-state index in [9.17, 15) is 10.2 Å². The Balaban J connectivity index is 1.76. The second-order valence-corrected chi connectivity index (χ2v) is 6.75. The molecule has 3 nitrogen and oxygen atoms in total. The second kappa shape index (κ2) is 4.87. The smallest absolute Gasteiger partial charge is 0.0902 e. The summed E-state index contributed by atoms with van der Waals surface area (Å²) >= 11 is 0. The topological polar surface area (TPSA) is 43.7 Å². The van der Waals surface area contributed by atoms with Gasteiger partial charge in [-0.15, -0.1) is 0 Å². The molecule has 1 saturated heterocycles. The van der Waals surface area contributed by atoms with Crippen molar-refractivity contribution >= 4 is 0 Å². The molecular formula is C14H27NO2. The van der Waals surface area contributed by atoms with E-state index in [2.05, 4.69) is 18.7 Å². The van der Waals surface area contributed by atoms with E-state index in [4.69, 9.17) is 0 Å². The maximum absolute atomic E-state index is 10.4. The van der Waals surface area contributed by atoms with Crippen LogP contribution in [0.15, 0.2) is 0 Å². The molecule has 0 bridgehead atoms. The van der Waals surface area contributed by atoms with Gasteiger partial charge in [0.2, 0.25) is 0 Å². The molecule has 2 N–H and O–H groups in total. The molecule has 2 rings (SSSR count). The first-order valence-electron chi connectivity index (χ1n) is 7.08. The number of nitrogens with zero attached hydrogens (tertiary/aromatic N) is 1. The van der Waals surface area contributed by atoms with Crippen LogP contribution in [0.25, 0.3) is 0 Å². The summed E-state index contributed by atoms with van der Waals surface area (Å²) < 4.78 is 0. The molecule has 0 radical (unpaired) electrons. The lowest BCUT2D eigenvalue weighted by Crippen LogP contribution is -2.65. The van der Waals surface area contributed by atoms with E-state index in [0.717, 1.165) is 51.7 Å². The molecule has 0 unspecified atom stereocenters. The van der Waals surface area contributed by atoms with Gasteiger partial charge < -0.3 is 10.2 Å². The van der Waals surface area contributed by atoms with Gasteiger partial charge in [-0.3, -0.25) is 4.90 Å². The van der Waals surface area contributed by atoms with E-state index >= 15 is 0 Å². The molecule has 100 valence electrons. The van der Waals surface area contributed by atoms with Crippen LogP contribution in [0.1, 0.15) is 52.4 Å². The molecule has 1 heterocycles. The molecule has 3 heteroatoms. The Morgan fingerprint density at radius 2 is 1.59 bits per heavy atom. The van der Waals surface area contributed by atoms with Gasteiger partial charge in [0.05, 0.1) is 11.2 Å². The summed E-state index contributed by atoms with van der Waals surface area (Å²) in [7, 11) is 0. The van der Waals surface area contributed by atoms with Gasteiger partial charge in [-0.25, -0.2) is 0 Å². The fourth-order valence-electron chi connectivity index (χ4n) is 3.57. The maximum atomic E-state index is 10.4. The molecule has 17 heavy (non-hydrogen) atoms. The number of β-amino-alcohol motifs (C(OH)–C–C–N with tert-alkyl or cyclic N) is 2. The van der Waals surface area contributed by atoms with Crippen LogP contribution in [0, 0.1) is 5.92 Å². The van der Waals surface area contributed by atoms with Gasteiger partial charge in [-0.1, -0.05) is 33.1 Å². The van der Waals surface area contributed by atoms with Crippen LogP contribution >= 0.6 is 0 Å². The normalized spacial score (nSPS) is 28.1. The van der Waals surface area contributed by atoms with Gasteiger partial charge >= 0.3 is 0 Å². The molecule has 0 amide bonds. The monoisotopic (exact) mass is 241 g/mol. The summed E-state index contributed by atoms with van der Waals surface area (Å²) in [6.45, 7) is 6.54. The molecule has 0 spiro atoms. The van der Waals surface area contributed by atoms with E-state index in [-0.39, 0.29) is 0 Å². The van der Waals surface area contributed by atoms with Gasteiger partial charge in [0, 0.05) is 19.6 Å². The average Bonchev–Trinajstić information content (AvgIpc) is 2.14. The van der Waals surface area contributed by atoms with E-state index in [1.165, 1.54) is 6.42 Å². The van der Waals surface area contributed by atoms with Crippen molar-refractivity contribution < 1.29 is 10.2 Å². The van der Waals surface area contributed by atoms with Crippen molar-refractivity contribution in [1.82, 2.24) is 4.90 Å². The van der Waals surface area contributed by atoms with Gasteiger partial charge in [0.1, 0.15) is 0 Å². The number of rotatable bonds is 4. The molecule has 0 aromatic carbocycles. The zero-order chi connectivity index (χ0) is 12.5. The van der Waals surface area contributed by atoms with Gasteiger partial charge in [-0.2, -0.15) is 0 Å². The minimum Gasteiger partial charge on any atom is -0.389 e. The van der Waals surface area contributed by atoms with Crippen molar-refractivity contribution in [2.24, 2.45) is 5.92 Å². The lowest BCUT2D eigenvalue weighted by atomic mass is 9.80. The Hall–Kier alpha value is -0.120. The third kappa shape index (κ3) is 3.43. The van der Waals surface area contributed by atoms with Crippen molar-refractivity contribution in [3.8, 4) is 0 Å². The maximum Gasteiger partial charge on any atom is 0.0902 e. The zero-order valence-electron chi connectivity index (χ0n) is 11.3. The predicted molar refractivity (Wildman–Crippen MR) is 68.9 cm³/mol. The molecule has 1 saturated carbocycles. The predicted octanol–water partition coefficient (Wildman–Crippen LogP) is 1.77. The fraction of sp³-hybridized carbons (Fsp3) is 1.00. The zero-order valence-corrected chi connectivity index (χ0v) is 11.3. The SMILES string of the molecule is CC(C)CC1(O)CN(CC2(O)CCCCC2)C1. The molecule has 2 aliphatic rings. The van der Waals surface area contributed by atoms with Crippen LogP contribution < -0.4 is 0 Å². The van der Waals surface area contributed by atoms with Crippen molar-refractivity contribution in [3.63, 3.8) is 0 Å². The van der Waals surface area contributed by atoms with Crippen LogP contribution in [0.4, 0.5) is 0 Å². The van der Waals surface area contributed by atoms with Crippen LogP contribution in [-0.2, 0) is 0 Å². The molecule has 0 aromatic rings. The van der Waals surface area contributed by atoms with E-state index in [1.807, 2.05) is 0 Å². The minimum atomic E-state index is -0.487. The first-order chi connectivity index (χ1) is 7.91. The fourth-order valence-corrected chi connectivity index (χ4v) is 3.57. The van der Waals surface area contributed by atoms with Crippen LogP contribution in [-0.4, -0.2) is 45.9 Å². The van der Waals surface area contributed by atoms with E-state index in [1.54, 1.807) is 0 Å². The number of likely N-dealkylation sites (tertiary alicyclic amines) is 1. The number of hydrogen-bond donors (Lipinski definition) is 2. The lowest BCUT2D eigenvalue weighted by molar-refractivity contribution is -0.138. The van der Waals surface area contributed by atoms with Crippen molar-refractivity contribution in [2.75, 3.05) is 19.6 Å². The summed E-state index contributed by atoms with van der Waals surface area (Å²) in [6.07, 6.45) is 6.32. The van der Waals surface area contributed by atoms with Crippen LogP contribution in [0.2, 0.25) is 0 Å². The minimum absolute atomic E-state index is 0.475. The van der Waals surface area contributed by atoms with Gasteiger partial charge in [0.25, 0.3) is 0 Å². The molecule has 0 atom stereocenters. The highest BCUT2D eigenvalue weighted by atomic mass is 16.3. The first-order valence-corrected chi connectivity index (χ1v) is 7.08. The van der Waals surface area contributed by atoms with Crippen molar-refractivity contribution in [1.29, 1.82) is 0 Å². The number of aliphatic hydroxyl groups is 2. The third-order valence-corrected chi connectivity index (χ3v) is 4.13. The first kappa shape index (κ1) is 13.3. The quantitative estimate of drug-likeness (QED) is 0.788. The Labute approximate surface area is 105 Å². The standard InChI is InChI=1S/C14H27NO2/c1-12(2)8-14(17)10-15(11-14)9-13(16)6-4-3-5-7-13/h12,16-17H,3-11H2,1-2H3. The summed E-state index contributed by atoms with van der Waals surface area (Å²) in [4.78, 5) is 2.22. The highest BCUT2D eigenvalue weighted by Crippen LogP contribution is 2.33. The Morgan fingerprint density at radius 1 is 1.00 bits per heavy atom. The van der Waals surface area contributed by atoms with E-state index < -0.39 is 11.2 Å². The van der Waals surface area contributed by atoms with Crippen LogP contribution in [0.5, 0.6) is 0 Å². The van der Waals surface area contributed by atoms with E-state index in [0.29, 0.717) is 5.92 Å². The molecular weight excluding hydrogens is 214 g/mol. The van der Waals surface area contributed by atoms with Crippen molar-refractivity contribution in [3.05, 3.63) is 0 Å². The van der Waals surface area contributed by atoms with Gasteiger partial charge in [-0.05, 0) is 25.2 Å². The van der Waals surface area contributed by atoms with Crippen LogP contribution in [0.3, 0.4) is 0 Å². The average molecular weight is 241 g/mol. The highest BCUT2D eigenvalue weighted by Gasteiger charge is 2.44. The lowest BCUT2D eigenvalue weighted by Gasteiger charge is -2.50. The Bertz CT molecular complexity index is 253. The summed E-state index contributed by atoms with van der Waals surface area (Å²) in [5, 5.41) is 20.7. The summed E-state index contributed by atoms with van der Waals surface area (Å²) in [5.74, 6) is 0.542. The number of hydrogen-bond acceptors (Lipinski definition) is 3. The molecule has 0 aromatic heterocycles. The highest BCUT2D eigenvalue weighted by molar-refractivity contribution is 4.99. The largest absolute Gasteiger partial charge is 0.389 e. The summed E-state index contributed by atoms with van der Waals surface area (Å²) in [6, 6.07) is 0. The Kier molecular flexibility index (Phi) is 3.81. The second-order valence-electron chi connectivity index (χ2n) is 6.75. The van der Waals surface area contributed by atoms with Crippen molar-refractivity contribution in [2.45, 2.75) is 63.6 Å². The molecule has 2 fully saturated rings.